The van der Waals surface area contributed by atoms with Crippen molar-refractivity contribution >= 4 is 86.6 Å². The molecule has 0 fully saturated rings. The lowest BCUT2D eigenvalue weighted by atomic mass is 9.66. The van der Waals surface area contributed by atoms with E-state index in [-0.39, 0.29) is 0 Å². The number of benzene rings is 13. The van der Waals surface area contributed by atoms with E-state index in [1.165, 1.54) is 120 Å². The van der Waals surface area contributed by atoms with Crippen LogP contribution < -0.4 is 0 Å². The minimum atomic E-state index is -0.645. The van der Waals surface area contributed by atoms with E-state index >= 15 is 0 Å². The largest absolute Gasteiger partial charge is 0.456 e. The summed E-state index contributed by atoms with van der Waals surface area (Å²) in [6.07, 6.45) is 0. The summed E-state index contributed by atoms with van der Waals surface area (Å²) >= 11 is 0. The molecule has 1 aliphatic carbocycles. The molecule has 1 aromatic heterocycles. The van der Waals surface area contributed by atoms with Crippen molar-refractivity contribution in [3.63, 3.8) is 0 Å². The SMILES string of the molecule is c1ccc(C2(c3ccccc3)c3cc(-c4c5ccccc5c(-c5ccc6oc7ccc8ccccc8c7c6c5)c5ccccc45)c4ccccc4c3-c3c2c2ccccc2c2ccccc32)cc1. The van der Waals surface area contributed by atoms with Gasteiger partial charge in [0.2, 0.25) is 0 Å². The predicted octanol–water partition coefficient (Wildman–Crippen LogP) is 18.2. The summed E-state index contributed by atoms with van der Waals surface area (Å²) in [5.41, 5.74) is 13.9. The van der Waals surface area contributed by atoms with Crippen molar-refractivity contribution in [2.75, 3.05) is 0 Å². The van der Waals surface area contributed by atoms with Gasteiger partial charge in [-0.2, -0.15) is 0 Å². The molecule has 13 aromatic carbocycles. The van der Waals surface area contributed by atoms with Crippen molar-refractivity contribution in [3.8, 4) is 33.4 Å². The van der Waals surface area contributed by atoms with Crippen LogP contribution in [-0.4, -0.2) is 0 Å². The first-order valence-corrected chi connectivity index (χ1v) is 23.7. The zero-order valence-electron chi connectivity index (χ0n) is 37.0. The number of hydrogen-bond acceptors (Lipinski definition) is 1. The minimum Gasteiger partial charge on any atom is -0.456 e. The fourth-order valence-corrected chi connectivity index (χ4v) is 12.6. The Balaban J connectivity index is 1.10. The van der Waals surface area contributed by atoms with Gasteiger partial charge in [0.25, 0.3) is 0 Å². The van der Waals surface area contributed by atoms with Crippen LogP contribution in [0.25, 0.3) is 120 Å². The predicted molar refractivity (Wildman–Crippen MR) is 287 cm³/mol. The van der Waals surface area contributed by atoms with Crippen LogP contribution in [0.4, 0.5) is 0 Å². The normalized spacial score (nSPS) is 13.1. The highest BCUT2D eigenvalue weighted by Crippen LogP contribution is 2.63. The average Bonchev–Trinajstić information content (AvgIpc) is 3.95. The lowest BCUT2D eigenvalue weighted by Crippen LogP contribution is -2.29. The molecular weight excluding hydrogens is 821 g/mol. The fraction of sp³-hybridized carbons (Fsp3) is 0.0149. The highest BCUT2D eigenvalue weighted by molar-refractivity contribution is 6.28. The Morgan fingerprint density at radius 2 is 0.735 bits per heavy atom. The Kier molecular flexibility index (Phi) is 7.77. The maximum Gasteiger partial charge on any atom is 0.136 e. The molecular formula is C67H40O. The Hall–Kier alpha value is -8.78. The highest BCUT2D eigenvalue weighted by atomic mass is 16.3. The molecule has 15 rings (SSSR count). The third kappa shape index (κ3) is 4.95. The summed E-state index contributed by atoms with van der Waals surface area (Å²) in [5.74, 6) is 0. The molecule has 68 heavy (non-hydrogen) atoms. The second-order valence-corrected chi connectivity index (χ2v) is 18.5. The molecule has 0 saturated carbocycles. The van der Waals surface area contributed by atoms with E-state index in [1.54, 1.807) is 0 Å². The van der Waals surface area contributed by atoms with Crippen molar-refractivity contribution in [1.29, 1.82) is 0 Å². The van der Waals surface area contributed by atoms with Gasteiger partial charge in [-0.15, -0.1) is 0 Å². The first-order chi connectivity index (χ1) is 33.8. The third-order valence-corrected chi connectivity index (χ3v) is 15.3. The van der Waals surface area contributed by atoms with Crippen LogP contribution in [-0.2, 0) is 5.41 Å². The lowest BCUT2D eigenvalue weighted by Gasteiger charge is -2.35. The molecule has 14 aromatic rings. The second kappa shape index (κ2) is 14.1. The van der Waals surface area contributed by atoms with E-state index in [0.717, 1.165) is 21.9 Å². The highest BCUT2D eigenvalue weighted by Gasteiger charge is 2.49. The van der Waals surface area contributed by atoms with Gasteiger partial charge in [-0.25, -0.2) is 0 Å². The molecule has 1 aliphatic rings. The smallest absolute Gasteiger partial charge is 0.136 e. The fourth-order valence-electron chi connectivity index (χ4n) is 12.6. The molecule has 0 unspecified atom stereocenters. The van der Waals surface area contributed by atoms with E-state index in [9.17, 15) is 0 Å². The molecule has 1 heteroatoms. The number of hydrogen-bond donors (Lipinski definition) is 0. The van der Waals surface area contributed by atoms with Crippen LogP contribution in [0.3, 0.4) is 0 Å². The minimum absolute atomic E-state index is 0.645. The van der Waals surface area contributed by atoms with E-state index in [0.29, 0.717) is 0 Å². The summed E-state index contributed by atoms with van der Waals surface area (Å²) in [7, 11) is 0. The number of rotatable bonds is 4. The molecule has 0 saturated heterocycles. The van der Waals surface area contributed by atoms with Gasteiger partial charge in [0.05, 0.1) is 5.41 Å². The topological polar surface area (TPSA) is 13.1 Å². The van der Waals surface area contributed by atoms with Crippen LogP contribution in [0.1, 0.15) is 22.3 Å². The van der Waals surface area contributed by atoms with Crippen molar-refractivity contribution in [2.24, 2.45) is 0 Å². The Morgan fingerprint density at radius 3 is 1.35 bits per heavy atom. The van der Waals surface area contributed by atoms with Gasteiger partial charge in [-0.05, 0) is 145 Å². The van der Waals surface area contributed by atoms with Gasteiger partial charge in [0.15, 0.2) is 0 Å². The molecule has 314 valence electrons. The Bertz CT molecular complexity index is 4330. The molecule has 1 heterocycles. The first kappa shape index (κ1) is 37.4. The van der Waals surface area contributed by atoms with Gasteiger partial charge in [-0.1, -0.05) is 218 Å². The van der Waals surface area contributed by atoms with Crippen molar-refractivity contribution in [1.82, 2.24) is 0 Å². The van der Waals surface area contributed by atoms with Crippen LogP contribution >= 0.6 is 0 Å². The molecule has 0 spiro atoms. The van der Waals surface area contributed by atoms with Crippen LogP contribution in [0, 0.1) is 0 Å². The summed E-state index contributed by atoms with van der Waals surface area (Å²) in [5, 5.41) is 17.2. The van der Waals surface area contributed by atoms with E-state index in [1.807, 2.05) is 0 Å². The van der Waals surface area contributed by atoms with Crippen molar-refractivity contribution in [3.05, 3.63) is 265 Å². The molecule has 1 nitrogen and oxygen atoms in total. The molecule has 0 amide bonds. The van der Waals surface area contributed by atoms with Crippen molar-refractivity contribution < 1.29 is 4.42 Å². The maximum atomic E-state index is 6.53. The summed E-state index contributed by atoms with van der Waals surface area (Å²) in [4.78, 5) is 0. The number of fused-ring (bicyclic) bond motifs is 17. The molecule has 0 aliphatic heterocycles. The van der Waals surface area contributed by atoms with Gasteiger partial charge < -0.3 is 4.42 Å². The second-order valence-electron chi connectivity index (χ2n) is 18.5. The Morgan fingerprint density at radius 1 is 0.279 bits per heavy atom. The van der Waals surface area contributed by atoms with Crippen molar-refractivity contribution in [2.45, 2.75) is 5.41 Å². The summed E-state index contributed by atoms with van der Waals surface area (Å²) < 4.78 is 6.53. The van der Waals surface area contributed by atoms with Gasteiger partial charge in [0, 0.05) is 10.8 Å². The molecule has 0 radical (unpaired) electrons. The first-order valence-electron chi connectivity index (χ1n) is 23.7. The van der Waals surface area contributed by atoms with E-state index in [2.05, 4.69) is 243 Å². The monoisotopic (exact) mass is 860 g/mol. The average molecular weight is 861 g/mol. The lowest BCUT2D eigenvalue weighted by molar-refractivity contribution is 0.669. The third-order valence-electron chi connectivity index (χ3n) is 15.3. The van der Waals surface area contributed by atoms with Crippen LogP contribution in [0.2, 0.25) is 0 Å². The van der Waals surface area contributed by atoms with Crippen LogP contribution in [0.15, 0.2) is 247 Å². The number of furan rings is 1. The van der Waals surface area contributed by atoms with E-state index in [4.69, 9.17) is 4.42 Å². The van der Waals surface area contributed by atoms with E-state index < -0.39 is 5.41 Å². The zero-order chi connectivity index (χ0) is 44.5. The quantitative estimate of drug-likeness (QED) is 0.127. The van der Waals surface area contributed by atoms with Crippen LogP contribution in [0.5, 0.6) is 0 Å². The Labute approximate surface area is 392 Å². The summed E-state index contributed by atoms with van der Waals surface area (Å²) in [6, 6.07) is 90.4. The maximum absolute atomic E-state index is 6.53. The standard InChI is InChI=1S/C67H40O/c1-3-20-43(21-4-1)67(44-22-5-2-6-23-44)58-40-56(48-27-10-12-28-49(48)64(58)65-50-29-13-9-25-46(50)47-26-11-18-34-55(47)66(65)67)62-53-32-16-14-30-51(53)61(52-31-15-17-33-54(52)62)42-36-37-59-57(39-42)63-45-24-8-7-19-41(45)35-38-60(63)68-59/h1-40H. The summed E-state index contributed by atoms with van der Waals surface area (Å²) in [6.45, 7) is 0. The molecule has 0 bridgehead atoms. The van der Waals surface area contributed by atoms with Gasteiger partial charge in [-0.3, -0.25) is 0 Å². The van der Waals surface area contributed by atoms with Gasteiger partial charge in [0.1, 0.15) is 11.2 Å². The zero-order valence-corrected chi connectivity index (χ0v) is 37.0. The van der Waals surface area contributed by atoms with Gasteiger partial charge >= 0.3 is 0 Å². The molecule has 0 N–H and O–H groups in total. The molecule has 0 atom stereocenters.